The molecule has 1 aromatic rings. The summed E-state index contributed by atoms with van der Waals surface area (Å²) in [6.45, 7) is 1.90. The number of methoxy groups -OCH3 is 1. The van der Waals surface area contributed by atoms with Gasteiger partial charge < -0.3 is 10.1 Å². The standard InChI is InChI=1S/C18H24F3N3O5S/c1-13(11-28-2)22-17(25)12-29-23-15-6-8-24(9-7-15)30(26,27)16-5-3-4-14(10-16)18(19,20)21/h3-6,10,13,23H,7-9,11-12H2,1-2H3,(H,22,25). The van der Waals surface area contributed by atoms with Crippen LogP contribution in [0.1, 0.15) is 18.9 Å². The maximum Gasteiger partial charge on any atom is 0.416 e. The van der Waals surface area contributed by atoms with Crippen molar-refractivity contribution in [2.75, 3.05) is 33.4 Å². The summed E-state index contributed by atoms with van der Waals surface area (Å²) in [4.78, 5) is 16.4. The van der Waals surface area contributed by atoms with E-state index in [2.05, 4.69) is 10.8 Å². The number of ether oxygens (including phenoxy) is 1. The second-order valence-corrected chi connectivity index (χ2v) is 8.62. The fourth-order valence-corrected chi connectivity index (χ4v) is 4.17. The quantitative estimate of drug-likeness (QED) is 0.555. The molecule has 8 nitrogen and oxygen atoms in total. The van der Waals surface area contributed by atoms with Crippen LogP contribution in [0.4, 0.5) is 13.2 Å². The minimum Gasteiger partial charge on any atom is -0.383 e. The first-order valence-electron chi connectivity index (χ1n) is 9.06. The average Bonchev–Trinajstić information content (AvgIpc) is 2.68. The number of nitrogens with one attached hydrogen (secondary N) is 2. The number of hydrogen-bond donors (Lipinski definition) is 2. The second-order valence-electron chi connectivity index (χ2n) is 6.68. The minimum atomic E-state index is -4.63. The zero-order valence-electron chi connectivity index (χ0n) is 16.5. The van der Waals surface area contributed by atoms with Crippen molar-refractivity contribution in [2.45, 2.75) is 30.5 Å². The van der Waals surface area contributed by atoms with Gasteiger partial charge in [0.25, 0.3) is 0 Å². The Morgan fingerprint density at radius 1 is 1.33 bits per heavy atom. The lowest BCUT2D eigenvalue weighted by Crippen LogP contribution is -2.40. The van der Waals surface area contributed by atoms with Crippen LogP contribution in [0.15, 0.2) is 40.9 Å². The maximum absolute atomic E-state index is 12.9. The maximum atomic E-state index is 12.9. The third-order valence-electron chi connectivity index (χ3n) is 4.20. The first kappa shape index (κ1) is 24.1. The molecule has 1 aliphatic heterocycles. The third kappa shape index (κ3) is 6.69. The Morgan fingerprint density at radius 3 is 2.67 bits per heavy atom. The Kier molecular flexibility index (Phi) is 8.24. The van der Waals surface area contributed by atoms with Gasteiger partial charge in [-0.05, 0) is 31.2 Å². The fourth-order valence-electron chi connectivity index (χ4n) is 2.75. The lowest BCUT2D eigenvalue weighted by atomic mass is 10.2. The molecule has 1 unspecified atom stereocenters. The predicted octanol–water partition coefficient (Wildman–Crippen LogP) is 1.66. The van der Waals surface area contributed by atoms with E-state index in [-0.39, 0.29) is 38.1 Å². The van der Waals surface area contributed by atoms with Crippen LogP contribution in [0.5, 0.6) is 0 Å². The van der Waals surface area contributed by atoms with Crippen LogP contribution >= 0.6 is 0 Å². The van der Waals surface area contributed by atoms with Gasteiger partial charge in [-0.15, -0.1) is 0 Å². The molecule has 168 valence electrons. The molecule has 2 rings (SSSR count). The summed E-state index contributed by atoms with van der Waals surface area (Å²) >= 11 is 0. The molecule has 0 aromatic heterocycles. The van der Waals surface area contributed by atoms with Gasteiger partial charge in [0.1, 0.15) is 0 Å². The third-order valence-corrected chi connectivity index (χ3v) is 6.06. The molecule has 1 aromatic carbocycles. The van der Waals surface area contributed by atoms with Crippen molar-refractivity contribution in [2.24, 2.45) is 0 Å². The molecule has 0 radical (unpaired) electrons. The van der Waals surface area contributed by atoms with Gasteiger partial charge in [0.15, 0.2) is 6.61 Å². The predicted molar refractivity (Wildman–Crippen MR) is 101 cm³/mol. The molecule has 1 aliphatic rings. The zero-order valence-corrected chi connectivity index (χ0v) is 17.3. The van der Waals surface area contributed by atoms with Gasteiger partial charge in [-0.3, -0.25) is 15.1 Å². The number of halogens is 3. The molecule has 0 bridgehead atoms. The van der Waals surface area contributed by atoms with E-state index in [1.807, 2.05) is 0 Å². The van der Waals surface area contributed by atoms with E-state index in [1.54, 1.807) is 13.0 Å². The number of carbonyl (C=O) groups excluding carboxylic acids is 1. The number of alkyl halides is 3. The van der Waals surface area contributed by atoms with E-state index in [0.717, 1.165) is 22.5 Å². The first-order valence-corrected chi connectivity index (χ1v) is 10.5. The number of benzene rings is 1. The number of sulfonamides is 1. The summed E-state index contributed by atoms with van der Waals surface area (Å²) in [6, 6.07) is 3.47. The summed E-state index contributed by atoms with van der Waals surface area (Å²) in [5.41, 5.74) is 2.15. The van der Waals surface area contributed by atoms with Gasteiger partial charge in [-0.1, -0.05) is 6.07 Å². The van der Waals surface area contributed by atoms with E-state index < -0.39 is 26.7 Å². The van der Waals surface area contributed by atoms with Crippen molar-refractivity contribution in [1.82, 2.24) is 15.1 Å². The molecular weight excluding hydrogens is 427 g/mol. The molecule has 30 heavy (non-hydrogen) atoms. The smallest absolute Gasteiger partial charge is 0.383 e. The second kappa shape index (κ2) is 10.2. The molecule has 0 spiro atoms. The number of amides is 1. The van der Waals surface area contributed by atoms with Crippen LogP contribution in [0, 0.1) is 0 Å². The Balaban J connectivity index is 1.90. The van der Waals surface area contributed by atoms with Crippen molar-refractivity contribution in [3.05, 3.63) is 41.6 Å². The van der Waals surface area contributed by atoms with E-state index in [0.29, 0.717) is 18.4 Å². The number of carbonyl (C=O) groups is 1. The van der Waals surface area contributed by atoms with Crippen LogP contribution in [0.3, 0.4) is 0 Å². The highest BCUT2D eigenvalue weighted by atomic mass is 32.2. The van der Waals surface area contributed by atoms with Crippen LogP contribution < -0.4 is 10.8 Å². The highest BCUT2D eigenvalue weighted by Gasteiger charge is 2.33. The molecule has 1 atom stereocenters. The van der Waals surface area contributed by atoms with Gasteiger partial charge in [0.2, 0.25) is 15.9 Å². The Morgan fingerprint density at radius 2 is 2.07 bits per heavy atom. The minimum absolute atomic E-state index is 0.0403. The Bertz CT molecular complexity index is 874. The normalized spacial score (nSPS) is 16.6. The largest absolute Gasteiger partial charge is 0.416 e. The summed E-state index contributed by atoms with van der Waals surface area (Å²) in [6.07, 6.45) is -2.84. The lowest BCUT2D eigenvalue weighted by Gasteiger charge is -2.26. The van der Waals surface area contributed by atoms with Crippen LogP contribution in [0.25, 0.3) is 0 Å². The van der Waals surface area contributed by atoms with Crippen molar-refractivity contribution in [3.8, 4) is 0 Å². The van der Waals surface area contributed by atoms with Gasteiger partial charge in [0.05, 0.1) is 17.1 Å². The van der Waals surface area contributed by atoms with Gasteiger partial charge in [-0.2, -0.15) is 17.5 Å². The lowest BCUT2D eigenvalue weighted by molar-refractivity contribution is -0.137. The molecule has 1 heterocycles. The number of hydrogen-bond acceptors (Lipinski definition) is 6. The Labute approximate surface area is 173 Å². The number of rotatable bonds is 9. The van der Waals surface area contributed by atoms with Crippen LogP contribution in [0.2, 0.25) is 0 Å². The molecule has 0 saturated carbocycles. The molecule has 12 heteroatoms. The van der Waals surface area contributed by atoms with Gasteiger partial charge in [-0.25, -0.2) is 8.42 Å². The van der Waals surface area contributed by atoms with E-state index in [1.165, 1.54) is 7.11 Å². The van der Waals surface area contributed by atoms with Crippen molar-refractivity contribution in [1.29, 1.82) is 0 Å². The molecule has 0 fully saturated rings. The molecule has 0 saturated heterocycles. The van der Waals surface area contributed by atoms with Gasteiger partial charge in [0, 0.05) is 38.4 Å². The first-order chi connectivity index (χ1) is 14.0. The molecule has 2 N–H and O–H groups in total. The van der Waals surface area contributed by atoms with Crippen molar-refractivity contribution >= 4 is 15.9 Å². The summed E-state index contributed by atoms with van der Waals surface area (Å²) in [5.74, 6) is -0.350. The molecule has 0 aliphatic carbocycles. The SMILES string of the molecule is COCC(C)NC(=O)CONC1=CCN(S(=O)(=O)c2cccc(C(F)(F)F)c2)CC1. The monoisotopic (exact) mass is 451 g/mol. The van der Waals surface area contributed by atoms with Crippen molar-refractivity contribution in [3.63, 3.8) is 0 Å². The summed E-state index contributed by atoms with van der Waals surface area (Å²) in [5, 5.41) is 2.66. The average molecular weight is 451 g/mol. The summed E-state index contributed by atoms with van der Waals surface area (Å²) in [7, 11) is -2.56. The summed E-state index contributed by atoms with van der Waals surface area (Å²) < 4.78 is 69.9. The highest BCUT2D eigenvalue weighted by molar-refractivity contribution is 7.89. The van der Waals surface area contributed by atoms with Crippen LogP contribution in [-0.4, -0.2) is 58.1 Å². The van der Waals surface area contributed by atoms with Crippen molar-refractivity contribution < 1.29 is 36.0 Å². The van der Waals surface area contributed by atoms with E-state index >= 15 is 0 Å². The molecular formula is C18H24F3N3O5S. The topological polar surface area (TPSA) is 97.0 Å². The fraction of sp³-hybridized carbons (Fsp3) is 0.500. The van der Waals surface area contributed by atoms with Gasteiger partial charge >= 0.3 is 6.18 Å². The van der Waals surface area contributed by atoms with Crippen LogP contribution in [-0.2, 0) is 30.6 Å². The highest BCUT2D eigenvalue weighted by Crippen LogP contribution is 2.31. The van der Waals surface area contributed by atoms with E-state index in [4.69, 9.17) is 9.57 Å². The molecule has 1 amide bonds. The number of hydroxylamine groups is 1. The Hall–Kier alpha value is -2.15. The van der Waals surface area contributed by atoms with E-state index in [9.17, 15) is 26.4 Å². The zero-order chi connectivity index (χ0) is 22.4. The number of nitrogens with zero attached hydrogens (tertiary/aromatic N) is 1.